The molecule has 1 amide bonds. The molecule has 0 saturated heterocycles. The molecule has 0 bridgehead atoms. The molecular weight excluding hydrogens is 416 g/mol. The molecule has 0 aliphatic rings. The highest BCUT2D eigenvalue weighted by atomic mass is 79.9. The molecule has 0 heterocycles. The Bertz CT molecular complexity index is 903. The van der Waals surface area contributed by atoms with Crippen LogP contribution in [0, 0.1) is 0 Å². The number of nitrogens with zero attached hydrogens (tertiary/aromatic N) is 2. The molecule has 0 atom stereocenters. The number of rotatable bonds is 4. The summed E-state index contributed by atoms with van der Waals surface area (Å²) in [5.41, 5.74) is 0.925. The third-order valence-electron chi connectivity index (χ3n) is 3.93. The van der Waals surface area contributed by atoms with Gasteiger partial charge in [0.2, 0.25) is 10.0 Å². The van der Waals surface area contributed by atoms with Gasteiger partial charge in [0, 0.05) is 22.7 Å². The summed E-state index contributed by atoms with van der Waals surface area (Å²) in [7, 11) is -2.04. The fourth-order valence-electron chi connectivity index (χ4n) is 2.63. The van der Waals surface area contributed by atoms with Gasteiger partial charge in [0.05, 0.1) is 17.5 Å². The van der Waals surface area contributed by atoms with Crippen LogP contribution >= 0.6 is 15.9 Å². The molecule has 0 radical (unpaired) electrons. The van der Waals surface area contributed by atoms with E-state index in [-0.39, 0.29) is 5.91 Å². The maximum absolute atomic E-state index is 13.4. The molecule has 0 fully saturated rings. The highest BCUT2D eigenvalue weighted by Crippen LogP contribution is 2.31. The molecule has 26 heavy (non-hydrogen) atoms. The van der Waals surface area contributed by atoms with E-state index in [9.17, 15) is 13.2 Å². The van der Waals surface area contributed by atoms with Gasteiger partial charge in [0.1, 0.15) is 0 Å². The summed E-state index contributed by atoms with van der Waals surface area (Å²) in [6, 6.07) is 14.2. The van der Waals surface area contributed by atoms with Crippen molar-refractivity contribution in [3.63, 3.8) is 0 Å². The van der Waals surface area contributed by atoms with Gasteiger partial charge in [-0.2, -0.15) is 0 Å². The normalized spacial score (nSPS) is 11.9. The first kappa shape index (κ1) is 20.5. The molecule has 7 heteroatoms. The number of para-hydroxylation sites is 1. The van der Waals surface area contributed by atoms with E-state index >= 15 is 0 Å². The fraction of sp³-hybridized carbons (Fsp3) is 0.316. The van der Waals surface area contributed by atoms with Gasteiger partial charge in [0.15, 0.2) is 0 Å². The SMILES string of the molecule is CN(c1ccccc1C(=O)N(c1ccc(Br)cc1)C(C)(C)C)S(C)(=O)=O. The van der Waals surface area contributed by atoms with Gasteiger partial charge in [-0.05, 0) is 57.2 Å². The van der Waals surface area contributed by atoms with Crippen LogP contribution < -0.4 is 9.21 Å². The van der Waals surface area contributed by atoms with Gasteiger partial charge in [-0.1, -0.05) is 28.1 Å². The van der Waals surface area contributed by atoms with E-state index in [0.717, 1.165) is 20.7 Å². The zero-order valence-corrected chi connectivity index (χ0v) is 17.9. The van der Waals surface area contributed by atoms with Crippen molar-refractivity contribution in [3.05, 3.63) is 58.6 Å². The molecule has 0 aliphatic carbocycles. The number of hydrogen-bond donors (Lipinski definition) is 0. The van der Waals surface area contributed by atoms with Crippen LogP contribution in [-0.2, 0) is 10.0 Å². The lowest BCUT2D eigenvalue weighted by Gasteiger charge is -2.36. The quantitative estimate of drug-likeness (QED) is 0.714. The van der Waals surface area contributed by atoms with Gasteiger partial charge in [-0.3, -0.25) is 9.10 Å². The lowest BCUT2D eigenvalue weighted by Crippen LogP contribution is -2.46. The van der Waals surface area contributed by atoms with E-state index < -0.39 is 15.6 Å². The molecule has 2 aromatic rings. The maximum Gasteiger partial charge on any atom is 0.260 e. The van der Waals surface area contributed by atoms with E-state index in [1.807, 2.05) is 45.0 Å². The number of carbonyl (C=O) groups is 1. The summed E-state index contributed by atoms with van der Waals surface area (Å²) < 4.78 is 26.0. The third-order valence-corrected chi connectivity index (χ3v) is 5.65. The molecule has 0 aliphatic heterocycles. The molecule has 5 nitrogen and oxygen atoms in total. The Hall–Kier alpha value is -1.86. The summed E-state index contributed by atoms with van der Waals surface area (Å²) in [6.45, 7) is 5.82. The standard InChI is InChI=1S/C19H23BrN2O3S/c1-19(2,3)22(15-12-10-14(20)11-13-15)18(23)16-8-6-7-9-17(16)21(4)26(5,24)25/h6-13H,1-5H3. The minimum Gasteiger partial charge on any atom is -0.303 e. The second kappa shape index (κ2) is 7.40. The minimum absolute atomic E-state index is 0.258. The lowest BCUT2D eigenvalue weighted by atomic mass is 10.0. The van der Waals surface area contributed by atoms with Crippen molar-refractivity contribution in [1.82, 2.24) is 0 Å². The van der Waals surface area contributed by atoms with E-state index in [1.165, 1.54) is 7.05 Å². The van der Waals surface area contributed by atoms with Crippen molar-refractivity contribution in [2.75, 3.05) is 22.5 Å². The number of benzene rings is 2. The van der Waals surface area contributed by atoms with Crippen molar-refractivity contribution in [3.8, 4) is 0 Å². The van der Waals surface area contributed by atoms with Crippen LogP contribution in [0.5, 0.6) is 0 Å². The topological polar surface area (TPSA) is 57.7 Å². The largest absolute Gasteiger partial charge is 0.303 e. The first-order chi connectivity index (χ1) is 11.9. The Labute approximate surface area is 163 Å². The van der Waals surface area contributed by atoms with Crippen LogP contribution in [0.4, 0.5) is 11.4 Å². The van der Waals surface area contributed by atoms with E-state index in [0.29, 0.717) is 11.3 Å². The van der Waals surface area contributed by atoms with Crippen molar-refractivity contribution in [1.29, 1.82) is 0 Å². The van der Waals surface area contributed by atoms with Crippen molar-refractivity contribution < 1.29 is 13.2 Å². The monoisotopic (exact) mass is 438 g/mol. The zero-order chi connectivity index (χ0) is 19.7. The van der Waals surface area contributed by atoms with Crippen LogP contribution in [0.3, 0.4) is 0 Å². The lowest BCUT2D eigenvalue weighted by molar-refractivity contribution is 0.0966. The van der Waals surface area contributed by atoms with E-state index in [2.05, 4.69) is 15.9 Å². The van der Waals surface area contributed by atoms with Crippen molar-refractivity contribution in [2.24, 2.45) is 0 Å². The first-order valence-electron chi connectivity index (χ1n) is 8.06. The average Bonchev–Trinajstić information content (AvgIpc) is 2.54. The van der Waals surface area contributed by atoms with Crippen LogP contribution in [0.2, 0.25) is 0 Å². The first-order valence-corrected chi connectivity index (χ1v) is 10.7. The predicted octanol–water partition coefficient (Wildman–Crippen LogP) is 4.29. The van der Waals surface area contributed by atoms with E-state index in [4.69, 9.17) is 0 Å². The molecule has 0 saturated carbocycles. The zero-order valence-electron chi connectivity index (χ0n) is 15.5. The molecule has 0 spiro atoms. The van der Waals surface area contributed by atoms with E-state index in [1.54, 1.807) is 29.2 Å². The molecule has 0 aromatic heterocycles. The average molecular weight is 439 g/mol. The molecule has 2 rings (SSSR count). The summed E-state index contributed by atoms with van der Waals surface area (Å²) in [4.78, 5) is 15.1. The number of halogens is 1. The second-order valence-corrected chi connectivity index (χ2v) is 9.96. The Morgan fingerprint density at radius 2 is 1.54 bits per heavy atom. The molecule has 0 unspecified atom stereocenters. The Balaban J connectivity index is 2.59. The number of anilines is 2. The summed E-state index contributed by atoms with van der Waals surface area (Å²) in [6.07, 6.45) is 1.12. The van der Waals surface area contributed by atoms with Gasteiger partial charge in [0.25, 0.3) is 5.91 Å². The highest BCUT2D eigenvalue weighted by Gasteiger charge is 2.31. The molecule has 2 aromatic carbocycles. The predicted molar refractivity (Wildman–Crippen MR) is 110 cm³/mol. The van der Waals surface area contributed by atoms with Crippen LogP contribution in [-0.4, -0.2) is 33.2 Å². The van der Waals surface area contributed by atoms with Crippen LogP contribution in [0.25, 0.3) is 0 Å². The summed E-state index contributed by atoms with van der Waals surface area (Å²) in [5.74, 6) is -0.258. The number of amides is 1. The molecule has 140 valence electrons. The number of hydrogen-bond acceptors (Lipinski definition) is 3. The smallest absolute Gasteiger partial charge is 0.260 e. The highest BCUT2D eigenvalue weighted by molar-refractivity contribution is 9.10. The Kier molecular flexibility index (Phi) is 5.82. The summed E-state index contributed by atoms with van der Waals surface area (Å²) in [5, 5.41) is 0. The van der Waals surface area contributed by atoms with Crippen molar-refractivity contribution in [2.45, 2.75) is 26.3 Å². The minimum atomic E-state index is -3.49. The van der Waals surface area contributed by atoms with Crippen LogP contribution in [0.1, 0.15) is 31.1 Å². The van der Waals surface area contributed by atoms with Crippen LogP contribution in [0.15, 0.2) is 53.0 Å². The van der Waals surface area contributed by atoms with Gasteiger partial charge in [-0.25, -0.2) is 8.42 Å². The van der Waals surface area contributed by atoms with Gasteiger partial charge >= 0.3 is 0 Å². The fourth-order valence-corrected chi connectivity index (χ4v) is 3.41. The maximum atomic E-state index is 13.4. The Morgan fingerprint density at radius 3 is 2.04 bits per heavy atom. The third kappa shape index (κ3) is 4.45. The summed E-state index contributed by atoms with van der Waals surface area (Å²) >= 11 is 3.40. The number of carbonyl (C=O) groups excluding carboxylic acids is 1. The molecular formula is C19H23BrN2O3S. The molecule has 0 N–H and O–H groups in total. The number of sulfonamides is 1. The second-order valence-electron chi connectivity index (χ2n) is 7.04. The Morgan fingerprint density at radius 1 is 1.00 bits per heavy atom. The van der Waals surface area contributed by atoms with Gasteiger partial charge < -0.3 is 4.90 Å². The van der Waals surface area contributed by atoms with Crippen molar-refractivity contribution >= 4 is 43.2 Å². The van der Waals surface area contributed by atoms with Gasteiger partial charge in [-0.15, -0.1) is 0 Å².